The lowest BCUT2D eigenvalue weighted by molar-refractivity contribution is -0.0851. The van der Waals surface area contributed by atoms with Gasteiger partial charge in [-0.05, 0) is 18.3 Å². The fourth-order valence-electron chi connectivity index (χ4n) is 0.840. The van der Waals surface area contributed by atoms with E-state index in [1.54, 1.807) is 0 Å². The molecule has 0 aliphatic heterocycles. The van der Waals surface area contributed by atoms with Crippen LogP contribution >= 0.6 is 0 Å². The first kappa shape index (κ1) is 5.10. The zero-order chi connectivity index (χ0) is 5.49. The van der Waals surface area contributed by atoms with Crippen molar-refractivity contribution in [3.8, 4) is 0 Å². The third kappa shape index (κ3) is 0.653. The molecule has 0 aromatic carbocycles. The lowest BCUT2D eigenvalue weighted by Crippen LogP contribution is -2.38. The summed E-state index contributed by atoms with van der Waals surface area (Å²) in [5.74, 6) is 0. The van der Waals surface area contributed by atoms with Gasteiger partial charge in [-0.25, -0.2) is 5.11 Å². The maximum absolute atomic E-state index is 10.6. The van der Waals surface area contributed by atoms with Crippen LogP contribution in [-0.2, 0) is 5.11 Å². The SMILES string of the molecule is CC1(C)CCC1[O]. The van der Waals surface area contributed by atoms with E-state index in [4.69, 9.17) is 0 Å². The van der Waals surface area contributed by atoms with Crippen molar-refractivity contribution in [2.45, 2.75) is 32.8 Å². The standard InChI is InChI=1S/C6H11O/c1-6(2)4-3-5(6)7/h5H,3-4H2,1-2H3. The van der Waals surface area contributed by atoms with Crippen molar-refractivity contribution in [1.29, 1.82) is 0 Å². The molecule has 0 bridgehead atoms. The summed E-state index contributed by atoms with van der Waals surface area (Å²) in [5.41, 5.74) is 0.125. The highest BCUT2D eigenvalue weighted by molar-refractivity contribution is 4.87. The van der Waals surface area contributed by atoms with Gasteiger partial charge in [-0.3, -0.25) is 0 Å². The van der Waals surface area contributed by atoms with Crippen molar-refractivity contribution < 1.29 is 5.11 Å². The molecule has 1 rings (SSSR count). The molecule has 1 aliphatic rings. The van der Waals surface area contributed by atoms with Crippen molar-refractivity contribution >= 4 is 0 Å². The van der Waals surface area contributed by atoms with Gasteiger partial charge in [0.2, 0.25) is 0 Å². The zero-order valence-electron chi connectivity index (χ0n) is 4.90. The highest BCUT2D eigenvalue weighted by Gasteiger charge is 2.38. The molecule has 1 nitrogen and oxygen atoms in total. The monoisotopic (exact) mass is 99.1 g/mol. The Hall–Kier alpha value is -0.0400. The highest BCUT2D eigenvalue weighted by atomic mass is 16.3. The third-order valence-corrected chi connectivity index (χ3v) is 1.92. The molecule has 0 aromatic rings. The molecule has 1 atom stereocenters. The average molecular weight is 99.2 g/mol. The fourth-order valence-corrected chi connectivity index (χ4v) is 0.840. The molecule has 1 unspecified atom stereocenters. The second-order valence-corrected chi connectivity index (χ2v) is 3.02. The summed E-state index contributed by atoms with van der Waals surface area (Å²) in [6.45, 7) is 4.07. The molecular formula is C6H11O. The molecule has 7 heavy (non-hydrogen) atoms. The van der Waals surface area contributed by atoms with Crippen molar-refractivity contribution in [2.24, 2.45) is 5.41 Å². The summed E-state index contributed by atoms with van der Waals surface area (Å²) in [7, 11) is 0. The first-order valence-electron chi connectivity index (χ1n) is 2.79. The summed E-state index contributed by atoms with van der Waals surface area (Å²) in [6, 6.07) is 0. The van der Waals surface area contributed by atoms with E-state index in [0.717, 1.165) is 12.8 Å². The second-order valence-electron chi connectivity index (χ2n) is 3.02. The van der Waals surface area contributed by atoms with Crippen LogP contribution in [-0.4, -0.2) is 6.10 Å². The first-order valence-corrected chi connectivity index (χ1v) is 2.79. The lowest BCUT2D eigenvalue weighted by Gasteiger charge is -2.38. The molecule has 0 N–H and O–H groups in total. The van der Waals surface area contributed by atoms with Gasteiger partial charge in [0, 0.05) is 0 Å². The van der Waals surface area contributed by atoms with Gasteiger partial charge in [-0.2, -0.15) is 0 Å². The van der Waals surface area contributed by atoms with Gasteiger partial charge < -0.3 is 0 Å². The summed E-state index contributed by atoms with van der Waals surface area (Å²) >= 11 is 0. The minimum atomic E-state index is -0.271. The molecule has 1 aliphatic carbocycles. The minimum absolute atomic E-state index is 0.125. The summed E-state index contributed by atoms with van der Waals surface area (Å²) in [6.07, 6.45) is 1.75. The van der Waals surface area contributed by atoms with Crippen LogP contribution in [0.2, 0.25) is 0 Å². The summed E-state index contributed by atoms with van der Waals surface area (Å²) in [4.78, 5) is 0. The van der Waals surface area contributed by atoms with Crippen LogP contribution in [0, 0.1) is 5.41 Å². The first-order chi connectivity index (χ1) is 3.13. The van der Waals surface area contributed by atoms with Gasteiger partial charge >= 0.3 is 0 Å². The van der Waals surface area contributed by atoms with Crippen LogP contribution in [0.15, 0.2) is 0 Å². The van der Waals surface area contributed by atoms with Gasteiger partial charge in [-0.1, -0.05) is 13.8 Å². The molecule has 0 aromatic heterocycles. The predicted octanol–water partition coefficient (Wildman–Crippen LogP) is 1.61. The maximum atomic E-state index is 10.6. The van der Waals surface area contributed by atoms with Gasteiger partial charge in [-0.15, -0.1) is 0 Å². The number of hydrogen-bond donors (Lipinski definition) is 0. The van der Waals surface area contributed by atoms with E-state index in [0.29, 0.717) is 0 Å². The normalized spacial score (nSPS) is 37.3. The van der Waals surface area contributed by atoms with Crippen LogP contribution in [0.5, 0.6) is 0 Å². The Labute approximate surface area is 44.4 Å². The Kier molecular flexibility index (Phi) is 0.890. The van der Waals surface area contributed by atoms with Gasteiger partial charge in [0.25, 0.3) is 0 Å². The van der Waals surface area contributed by atoms with E-state index in [2.05, 4.69) is 0 Å². The van der Waals surface area contributed by atoms with Gasteiger partial charge in [0.05, 0.1) is 6.10 Å². The van der Waals surface area contributed by atoms with E-state index in [9.17, 15) is 5.11 Å². The molecular weight excluding hydrogens is 88.1 g/mol. The van der Waals surface area contributed by atoms with E-state index < -0.39 is 0 Å². The van der Waals surface area contributed by atoms with Crippen LogP contribution in [0.4, 0.5) is 0 Å². The molecule has 0 amide bonds. The van der Waals surface area contributed by atoms with E-state index in [-0.39, 0.29) is 11.5 Å². The Morgan fingerprint density at radius 1 is 1.57 bits per heavy atom. The van der Waals surface area contributed by atoms with Crippen molar-refractivity contribution in [1.82, 2.24) is 0 Å². The van der Waals surface area contributed by atoms with Crippen molar-refractivity contribution in [3.05, 3.63) is 0 Å². The Bertz CT molecular complexity index is 76.2. The smallest absolute Gasteiger partial charge is 0.0981 e. The van der Waals surface area contributed by atoms with Crippen LogP contribution < -0.4 is 0 Å². The lowest BCUT2D eigenvalue weighted by atomic mass is 9.69. The average Bonchev–Trinajstić information content (AvgIpc) is 1.63. The van der Waals surface area contributed by atoms with Crippen molar-refractivity contribution in [2.75, 3.05) is 0 Å². The van der Waals surface area contributed by atoms with Gasteiger partial charge in [0.15, 0.2) is 0 Å². The molecule has 0 heterocycles. The molecule has 0 spiro atoms. The molecule has 1 saturated carbocycles. The largest absolute Gasteiger partial charge is 0.233 e. The predicted molar refractivity (Wildman–Crippen MR) is 27.5 cm³/mol. The fraction of sp³-hybridized carbons (Fsp3) is 1.00. The minimum Gasteiger partial charge on any atom is -0.233 e. The van der Waals surface area contributed by atoms with Crippen molar-refractivity contribution in [3.63, 3.8) is 0 Å². The molecule has 41 valence electrons. The third-order valence-electron chi connectivity index (χ3n) is 1.92. The molecule has 1 heteroatoms. The number of rotatable bonds is 0. The summed E-state index contributed by atoms with van der Waals surface area (Å²) in [5, 5.41) is 10.6. The Balaban J connectivity index is 2.43. The Morgan fingerprint density at radius 2 is 2.00 bits per heavy atom. The molecule has 1 radical (unpaired) electrons. The van der Waals surface area contributed by atoms with E-state index in [1.165, 1.54) is 0 Å². The maximum Gasteiger partial charge on any atom is 0.0981 e. The number of hydrogen-bond acceptors (Lipinski definition) is 0. The van der Waals surface area contributed by atoms with Gasteiger partial charge in [0.1, 0.15) is 0 Å². The summed E-state index contributed by atoms with van der Waals surface area (Å²) < 4.78 is 0. The second kappa shape index (κ2) is 1.22. The van der Waals surface area contributed by atoms with E-state index in [1.807, 2.05) is 13.8 Å². The van der Waals surface area contributed by atoms with E-state index >= 15 is 0 Å². The quantitative estimate of drug-likeness (QED) is 0.439. The topological polar surface area (TPSA) is 19.9 Å². The molecule has 0 saturated heterocycles. The van der Waals surface area contributed by atoms with Crippen LogP contribution in [0.1, 0.15) is 26.7 Å². The molecule has 1 fully saturated rings. The Morgan fingerprint density at radius 3 is 2.00 bits per heavy atom. The van der Waals surface area contributed by atoms with Crippen LogP contribution in [0.3, 0.4) is 0 Å². The zero-order valence-corrected chi connectivity index (χ0v) is 4.90. The highest BCUT2D eigenvalue weighted by Crippen LogP contribution is 2.39. The van der Waals surface area contributed by atoms with Crippen LogP contribution in [0.25, 0.3) is 0 Å².